The second kappa shape index (κ2) is 12.4. The quantitative estimate of drug-likeness (QED) is 0.207. The molecule has 0 bridgehead atoms. The Kier molecular flexibility index (Phi) is 8.47. The van der Waals surface area contributed by atoms with Gasteiger partial charge in [-0.05, 0) is 60.7 Å². The number of amides is 1. The van der Waals surface area contributed by atoms with Crippen LogP contribution in [0.15, 0.2) is 94.7 Å². The van der Waals surface area contributed by atoms with Crippen LogP contribution in [0.5, 0.6) is 23.0 Å². The van der Waals surface area contributed by atoms with E-state index in [2.05, 4.69) is 10.3 Å². The Morgan fingerprint density at radius 2 is 1.42 bits per heavy atom. The minimum Gasteiger partial charge on any atom is -0.497 e. The number of benzene rings is 4. The third-order valence-corrected chi connectivity index (χ3v) is 9.18. The Hall–Kier alpha value is -5.12. The molecule has 10 nitrogen and oxygen atoms in total. The number of ether oxygens (including phenoxy) is 4. The van der Waals surface area contributed by atoms with Gasteiger partial charge in [0, 0.05) is 17.7 Å². The predicted octanol–water partition coefficient (Wildman–Crippen LogP) is 5.79. The summed E-state index contributed by atoms with van der Waals surface area (Å²) in [5.74, 6) is 1.38. The van der Waals surface area contributed by atoms with Crippen molar-refractivity contribution in [2.24, 2.45) is 0 Å². The standard InChI is InChI=1S/C31H25N3O7S2/c1-38-21-10-14-24(15-11-21)43(36,37)23-12-6-20(7-13-23)29(41-22-8-4-19(18-32)5-9-22)30(35)34-31-33-25-16-26(39-2)27(40-3)17-28(25)42-31/h4-17,29H,1-3H3,(H,33,34,35). The van der Waals surface area contributed by atoms with Crippen LogP contribution in [0.3, 0.4) is 0 Å². The molecule has 0 saturated carbocycles. The zero-order valence-electron chi connectivity index (χ0n) is 23.2. The van der Waals surface area contributed by atoms with Crippen molar-refractivity contribution in [3.8, 4) is 29.1 Å². The molecule has 1 unspecified atom stereocenters. The van der Waals surface area contributed by atoms with Gasteiger partial charge in [-0.1, -0.05) is 23.5 Å². The first kappa shape index (κ1) is 29.4. The highest BCUT2D eigenvalue weighted by molar-refractivity contribution is 7.91. The molecule has 0 aliphatic heterocycles. The van der Waals surface area contributed by atoms with Gasteiger partial charge in [-0.15, -0.1) is 0 Å². The van der Waals surface area contributed by atoms with Crippen molar-refractivity contribution in [3.05, 3.63) is 96.1 Å². The number of sulfone groups is 1. The van der Waals surface area contributed by atoms with Crippen LogP contribution in [0.2, 0.25) is 0 Å². The molecule has 1 atom stereocenters. The zero-order valence-corrected chi connectivity index (χ0v) is 24.9. The number of carbonyl (C=O) groups excluding carboxylic acids is 1. The van der Waals surface area contributed by atoms with Crippen LogP contribution in [-0.4, -0.2) is 40.6 Å². The van der Waals surface area contributed by atoms with Crippen LogP contribution in [0, 0.1) is 11.3 Å². The average molecular weight is 616 g/mol. The summed E-state index contributed by atoms with van der Waals surface area (Å²) in [6, 6.07) is 23.8. The van der Waals surface area contributed by atoms with E-state index in [9.17, 15) is 13.2 Å². The summed E-state index contributed by atoms with van der Waals surface area (Å²) in [6.45, 7) is 0. The minimum atomic E-state index is -3.82. The normalized spacial score (nSPS) is 11.8. The Balaban J connectivity index is 1.45. The van der Waals surface area contributed by atoms with E-state index in [0.29, 0.717) is 44.8 Å². The molecule has 0 spiro atoms. The largest absolute Gasteiger partial charge is 0.497 e. The fraction of sp³-hybridized carbons (Fsp3) is 0.129. The number of methoxy groups -OCH3 is 3. The summed E-state index contributed by atoms with van der Waals surface area (Å²) in [4.78, 5) is 18.3. The van der Waals surface area contributed by atoms with Crippen molar-refractivity contribution in [2.75, 3.05) is 26.6 Å². The molecule has 43 heavy (non-hydrogen) atoms. The number of aromatic nitrogens is 1. The van der Waals surface area contributed by atoms with Gasteiger partial charge < -0.3 is 18.9 Å². The third-order valence-electron chi connectivity index (χ3n) is 6.46. The van der Waals surface area contributed by atoms with E-state index in [1.165, 1.54) is 69.1 Å². The Bertz CT molecular complexity index is 1870. The lowest BCUT2D eigenvalue weighted by Gasteiger charge is -2.19. The Morgan fingerprint density at radius 3 is 2.00 bits per heavy atom. The van der Waals surface area contributed by atoms with Gasteiger partial charge in [-0.2, -0.15) is 5.26 Å². The fourth-order valence-electron chi connectivity index (χ4n) is 4.21. The lowest BCUT2D eigenvalue weighted by atomic mass is 10.1. The highest BCUT2D eigenvalue weighted by Gasteiger charge is 2.26. The topological polar surface area (TPSA) is 137 Å². The summed E-state index contributed by atoms with van der Waals surface area (Å²) in [5, 5.41) is 12.3. The molecule has 1 heterocycles. The lowest BCUT2D eigenvalue weighted by Crippen LogP contribution is -2.25. The molecule has 5 aromatic rings. The highest BCUT2D eigenvalue weighted by atomic mass is 32.2. The summed E-state index contributed by atoms with van der Waals surface area (Å²) < 4.78 is 49.1. The lowest BCUT2D eigenvalue weighted by molar-refractivity contribution is -0.123. The molecule has 5 rings (SSSR count). The predicted molar refractivity (Wildman–Crippen MR) is 161 cm³/mol. The monoisotopic (exact) mass is 615 g/mol. The van der Waals surface area contributed by atoms with Gasteiger partial charge in [0.15, 0.2) is 16.6 Å². The van der Waals surface area contributed by atoms with Crippen molar-refractivity contribution < 1.29 is 32.2 Å². The molecule has 1 amide bonds. The minimum absolute atomic E-state index is 0.0491. The first-order valence-corrected chi connectivity index (χ1v) is 15.0. The van der Waals surface area contributed by atoms with Gasteiger partial charge in [0.1, 0.15) is 11.5 Å². The van der Waals surface area contributed by atoms with Crippen molar-refractivity contribution in [2.45, 2.75) is 15.9 Å². The summed E-state index contributed by atoms with van der Waals surface area (Å²) in [6.07, 6.45) is -1.18. The molecule has 12 heteroatoms. The molecule has 0 saturated heterocycles. The summed E-state index contributed by atoms with van der Waals surface area (Å²) in [5.41, 5.74) is 1.44. The third kappa shape index (κ3) is 6.23. The van der Waals surface area contributed by atoms with Gasteiger partial charge >= 0.3 is 0 Å². The average Bonchev–Trinajstić information content (AvgIpc) is 3.44. The van der Waals surface area contributed by atoms with Crippen molar-refractivity contribution in [1.29, 1.82) is 5.26 Å². The second-order valence-corrected chi connectivity index (χ2v) is 12.0. The van der Waals surface area contributed by atoms with Crippen LogP contribution in [0.25, 0.3) is 10.2 Å². The number of nitrogens with one attached hydrogen (secondary N) is 1. The number of nitriles is 1. The van der Waals surface area contributed by atoms with Crippen LogP contribution in [-0.2, 0) is 14.6 Å². The van der Waals surface area contributed by atoms with E-state index in [0.717, 1.165) is 4.70 Å². The van der Waals surface area contributed by atoms with Gasteiger partial charge in [-0.3, -0.25) is 10.1 Å². The van der Waals surface area contributed by atoms with Crippen LogP contribution < -0.4 is 24.3 Å². The van der Waals surface area contributed by atoms with Crippen molar-refractivity contribution in [1.82, 2.24) is 4.98 Å². The maximum atomic E-state index is 13.6. The van der Waals surface area contributed by atoms with Crippen molar-refractivity contribution in [3.63, 3.8) is 0 Å². The van der Waals surface area contributed by atoms with E-state index < -0.39 is 21.8 Å². The molecule has 0 radical (unpaired) electrons. The van der Waals surface area contributed by atoms with E-state index >= 15 is 0 Å². The van der Waals surface area contributed by atoms with E-state index in [1.807, 2.05) is 6.07 Å². The molecule has 218 valence electrons. The number of nitrogens with zero attached hydrogens (tertiary/aromatic N) is 2. The SMILES string of the molecule is COc1ccc(S(=O)(=O)c2ccc(C(Oc3ccc(C#N)cc3)C(=O)Nc3nc4cc(OC)c(OC)cc4s3)cc2)cc1. The maximum absolute atomic E-state index is 13.6. The molecule has 0 aliphatic carbocycles. The molecule has 0 fully saturated rings. The number of carbonyl (C=O) groups is 1. The number of thiazole rings is 1. The number of hydrogen-bond acceptors (Lipinski definition) is 10. The van der Waals surface area contributed by atoms with Crippen LogP contribution in [0.4, 0.5) is 5.13 Å². The van der Waals surface area contributed by atoms with Crippen molar-refractivity contribution >= 4 is 42.4 Å². The molecular weight excluding hydrogens is 590 g/mol. The number of anilines is 1. The maximum Gasteiger partial charge on any atom is 0.271 e. The fourth-order valence-corrected chi connectivity index (χ4v) is 6.35. The van der Waals surface area contributed by atoms with E-state index in [1.54, 1.807) is 48.5 Å². The Morgan fingerprint density at radius 1 is 0.837 bits per heavy atom. The first-order chi connectivity index (χ1) is 20.7. The van der Waals surface area contributed by atoms with Crippen LogP contribution >= 0.6 is 11.3 Å². The van der Waals surface area contributed by atoms with Gasteiger partial charge in [-0.25, -0.2) is 13.4 Å². The van der Waals surface area contributed by atoms with Gasteiger partial charge in [0.2, 0.25) is 15.9 Å². The summed E-state index contributed by atoms with van der Waals surface area (Å²) in [7, 11) is 0.734. The number of hydrogen-bond donors (Lipinski definition) is 1. The second-order valence-electron chi connectivity index (χ2n) is 9.07. The first-order valence-electron chi connectivity index (χ1n) is 12.7. The van der Waals surface area contributed by atoms with Crippen LogP contribution in [0.1, 0.15) is 17.2 Å². The molecular formula is C31H25N3O7S2. The molecule has 1 N–H and O–H groups in total. The Labute approximate surface area is 252 Å². The smallest absolute Gasteiger partial charge is 0.271 e. The number of fused-ring (bicyclic) bond motifs is 1. The van der Waals surface area contributed by atoms with E-state index in [4.69, 9.17) is 24.2 Å². The number of rotatable bonds is 10. The van der Waals surface area contributed by atoms with Gasteiger partial charge in [0.05, 0.1) is 53.0 Å². The molecule has 4 aromatic carbocycles. The summed E-state index contributed by atoms with van der Waals surface area (Å²) >= 11 is 1.25. The molecule has 1 aromatic heterocycles. The highest BCUT2D eigenvalue weighted by Crippen LogP contribution is 2.37. The van der Waals surface area contributed by atoms with E-state index in [-0.39, 0.29) is 9.79 Å². The van der Waals surface area contributed by atoms with Gasteiger partial charge in [0.25, 0.3) is 5.91 Å². The molecule has 0 aliphatic rings. The zero-order chi connectivity index (χ0) is 30.6.